The second-order valence-corrected chi connectivity index (χ2v) is 7.31. The molecule has 0 bridgehead atoms. The first-order valence-corrected chi connectivity index (χ1v) is 8.77. The van der Waals surface area contributed by atoms with E-state index in [2.05, 4.69) is 17.2 Å². The number of hydrogen-bond acceptors (Lipinski definition) is 4. The summed E-state index contributed by atoms with van der Waals surface area (Å²) >= 11 is 6.85. The minimum atomic E-state index is -0.660. The predicted molar refractivity (Wildman–Crippen MR) is 90.4 cm³/mol. The van der Waals surface area contributed by atoms with Gasteiger partial charge in [-0.05, 0) is 26.2 Å². The highest BCUT2D eigenvalue weighted by atomic mass is 32.1. The normalized spacial score (nSPS) is 19.0. The molecule has 6 heteroatoms. The van der Waals surface area contributed by atoms with Crippen LogP contribution in [0.1, 0.15) is 61.9 Å². The molecular formula is C15H23N3OS2. The first-order valence-electron chi connectivity index (χ1n) is 7.55. The Kier molecular flexibility index (Phi) is 5.32. The molecular weight excluding hydrogens is 302 g/mol. The van der Waals surface area contributed by atoms with Crippen LogP contribution in [0, 0.1) is 5.41 Å². The summed E-state index contributed by atoms with van der Waals surface area (Å²) in [6.07, 6.45) is 7.55. The summed E-state index contributed by atoms with van der Waals surface area (Å²) in [5.74, 6) is -0.0320. The second kappa shape index (κ2) is 6.83. The molecule has 0 spiro atoms. The number of thiazole rings is 1. The summed E-state index contributed by atoms with van der Waals surface area (Å²) in [5.41, 5.74) is 5.24. The van der Waals surface area contributed by atoms with Gasteiger partial charge < -0.3 is 11.1 Å². The number of amides is 1. The molecule has 1 aliphatic carbocycles. The van der Waals surface area contributed by atoms with Crippen LogP contribution in [0.15, 0.2) is 6.20 Å². The molecule has 1 saturated carbocycles. The Balaban J connectivity index is 2.09. The fourth-order valence-electron chi connectivity index (χ4n) is 2.82. The zero-order valence-corrected chi connectivity index (χ0v) is 14.3. The number of rotatable bonds is 5. The largest absolute Gasteiger partial charge is 0.392 e. The maximum atomic E-state index is 12.7. The first kappa shape index (κ1) is 16.4. The van der Waals surface area contributed by atoms with Crippen LogP contribution in [-0.4, -0.2) is 15.9 Å². The van der Waals surface area contributed by atoms with E-state index < -0.39 is 5.41 Å². The summed E-state index contributed by atoms with van der Waals surface area (Å²) in [7, 11) is 0. The van der Waals surface area contributed by atoms with Crippen molar-refractivity contribution in [2.45, 2.75) is 58.4 Å². The van der Waals surface area contributed by atoms with Gasteiger partial charge in [0.25, 0.3) is 0 Å². The van der Waals surface area contributed by atoms with Gasteiger partial charge in [-0.3, -0.25) is 4.79 Å². The molecule has 1 atom stereocenters. The van der Waals surface area contributed by atoms with E-state index in [1.807, 2.05) is 13.1 Å². The lowest BCUT2D eigenvalue weighted by molar-refractivity contribution is -0.129. The fourth-order valence-corrected chi connectivity index (χ4v) is 3.98. The predicted octanol–water partition coefficient (Wildman–Crippen LogP) is 3.12. The summed E-state index contributed by atoms with van der Waals surface area (Å²) in [4.78, 5) is 18.7. The van der Waals surface area contributed by atoms with Crippen molar-refractivity contribution in [1.29, 1.82) is 0 Å². The second-order valence-electron chi connectivity index (χ2n) is 5.72. The van der Waals surface area contributed by atoms with Crippen molar-refractivity contribution in [3.63, 3.8) is 0 Å². The molecule has 1 aromatic heterocycles. The first-order chi connectivity index (χ1) is 9.99. The molecule has 1 aliphatic rings. The highest BCUT2D eigenvalue weighted by molar-refractivity contribution is 7.80. The molecule has 2 rings (SSSR count). The molecule has 4 nitrogen and oxygen atoms in total. The highest BCUT2D eigenvalue weighted by Gasteiger charge is 2.42. The van der Waals surface area contributed by atoms with Crippen molar-refractivity contribution in [2.24, 2.45) is 11.1 Å². The Hall–Kier alpha value is -1.01. The monoisotopic (exact) mass is 325 g/mol. The Morgan fingerprint density at radius 2 is 2.19 bits per heavy atom. The van der Waals surface area contributed by atoms with Crippen LogP contribution < -0.4 is 11.1 Å². The van der Waals surface area contributed by atoms with Crippen molar-refractivity contribution in [3.05, 3.63) is 16.1 Å². The average Bonchev–Trinajstić information content (AvgIpc) is 2.96. The van der Waals surface area contributed by atoms with Crippen molar-refractivity contribution in [3.8, 4) is 0 Å². The van der Waals surface area contributed by atoms with E-state index in [1.165, 1.54) is 4.88 Å². The van der Waals surface area contributed by atoms with E-state index in [9.17, 15) is 4.79 Å². The van der Waals surface area contributed by atoms with E-state index in [-0.39, 0.29) is 11.9 Å². The van der Waals surface area contributed by atoms with Crippen LogP contribution in [0.2, 0.25) is 0 Å². The lowest BCUT2D eigenvalue weighted by Crippen LogP contribution is -2.50. The number of aryl methyl sites for hydroxylation is 1. The quantitative estimate of drug-likeness (QED) is 0.816. The van der Waals surface area contributed by atoms with Crippen molar-refractivity contribution >= 4 is 34.5 Å². The zero-order chi connectivity index (χ0) is 15.5. The van der Waals surface area contributed by atoms with E-state index in [0.717, 1.165) is 43.5 Å². The van der Waals surface area contributed by atoms with E-state index in [4.69, 9.17) is 18.0 Å². The van der Waals surface area contributed by atoms with Crippen LogP contribution in [-0.2, 0) is 11.2 Å². The molecule has 21 heavy (non-hydrogen) atoms. The molecule has 0 radical (unpaired) electrons. The molecule has 3 N–H and O–H groups in total. The van der Waals surface area contributed by atoms with E-state index in [0.29, 0.717) is 4.99 Å². The van der Waals surface area contributed by atoms with Crippen molar-refractivity contribution in [1.82, 2.24) is 10.3 Å². The molecule has 0 aliphatic heterocycles. The van der Waals surface area contributed by atoms with Gasteiger partial charge in [0.15, 0.2) is 0 Å². The van der Waals surface area contributed by atoms with Crippen LogP contribution >= 0.6 is 23.6 Å². The molecule has 116 valence electrons. The number of carbonyl (C=O) groups is 1. The molecule has 0 aromatic carbocycles. The summed E-state index contributed by atoms with van der Waals surface area (Å²) in [5, 5.41) is 4.01. The van der Waals surface area contributed by atoms with Gasteiger partial charge in [0.05, 0.1) is 16.4 Å². The van der Waals surface area contributed by atoms with Gasteiger partial charge in [0, 0.05) is 11.1 Å². The minimum Gasteiger partial charge on any atom is -0.392 e. The number of nitrogens with two attached hydrogens (primary N) is 1. The smallest absolute Gasteiger partial charge is 0.233 e. The summed E-state index contributed by atoms with van der Waals surface area (Å²) in [6, 6.07) is -0.101. The fraction of sp³-hybridized carbons (Fsp3) is 0.667. The number of nitrogens with zero attached hydrogens (tertiary/aromatic N) is 1. The molecule has 1 unspecified atom stereocenters. The Morgan fingerprint density at radius 1 is 1.52 bits per heavy atom. The number of aromatic nitrogens is 1. The van der Waals surface area contributed by atoms with Crippen molar-refractivity contribution < 1.29 is 4.79 Å². The van der Waals surface area contributed by atoms with Crippen LogP contribution in [0.4, 0.5) is 0 Å². The molecule has 1 aromatic rings. The van der Waals surface area contributed by atoms with Gasteiger partial charge >= 0.3 is 0 Å². The number of hydrogen-bond donors (Lipinski definition) is 2. The summed E-state index contributed by atoms with van der Waals surface area (Å²) in [6.45, 7) is 4.07. The van der Waals surface area contributed by atoms with Gasteiger partial charge in [0.2, 0.25) is 5.91 Å². The van der Waals surface area contributed by atoms with Gasteiger partial charge in [-0.2, -0.15) is 0 Å². The molecule has 1 amide bonds. The Bertz CT molecular complexity index is 521. The van der Waals surface area contributed by atoms with E-state index >= 15 is 0 Å². The van der Waals surface area contributed by atoms with Gasteiger partial charge in [-0.15, -0.1) is 11.3 Å². The average molecular weight is 326 g/mol. The van der Waals surface area contributed by atoms with Gasteiger partial charge in [-0.1, -0.05) is 38.4 Å². The highest BCUT2D eigenvalue weighted by Crippen LogP contribution is 2.37. The molecule has 1 fully saturated rings. The SMILES string of the molecule is CCc1cnc(C(C)NC(=O)C2(C(N)=S)CCCCC2)s1. The van der Waals surface area contributed by atoms with Crippen LogP contribution in [0.5, 0.6) is 0 Å². The van der Waals surface area contributed by atoms with Gasteiger partial charge in [0.1, 0.15) is 5.01 Å². The maximum Gasteiger partial charge on any atom is 0.233 e. The summed E-state index contributed by atoms with van der Waals surface area (Å²) < 4.78 is 0. The Labute approximate surface area is 135 Å². The topological polar surface area (TPSA) is 68.0 Å². The standard InChI is InChI=1S/C15H23N3OS2/c1-3-11-9-17-12(21-11)10(2)18-14(19)15(13(16)20)7-5-4-6-8-15/h9-10H,3-8H2,1-2H3,(H2,16,20)(H,18,19). The number of carbonyl (C=O) groups excluding carboxylic acids is 1. The zero-order valence-electron chi connectivity index (χ0n) is 12.6. The maximum absolute atomic E-state index is 12.7. The lowest BCUT2D eigenvalue weighted by atomic mass is 9.73. The van der Waals surface area contributed by atoms with Crippen LogP contribution in [0.3, 0.4) is 0 Å². The number of thiocarbonyl (C=S) groups is 1. The lowest BCUT2D eigenvalue weighted by Gasteiger charge is -2.35. The van der Waals surface area contributed by atoms with E-state index in [1.54, 1.807) is 11.3 Å². The molecule has 1 heterocycles. The third kappa shape index (κ3) is 3.43. The third-order valence-electron chi connectivity index (χ3n) is 4.25. The third-order valence-corrected chi connectivity index (χ3v) is 5.97. The Morgan fingerprint density at radius 3 is 2.71 bits per heavy atom. The minimum absolute atomic E-state index is 0.0320. The van der Waals surface area contributed by atoms with Crippen molar-refractivity contribution in [2.75, 3.05) is 0 Å². The van der Waals surface area contributed by atoms with Gasteiger partial charge in [-0.25, -0.2) is 4.98 Å². The number of nitrogens with one attached hydrogen (secondary N) is 1. The van der Waals surface area contributed by atoms with Crippen LogP contribution in [0.25, 0.3) is 0 Å². The molecule has 0 saturated heterocycles.